The number of nitrogens with two attached hydrogens (primary N) is 1. The molecule has 3 aromatic rings. The molecule has 0 radical (unpaired) electrons. The molecular weight excluding hydrogens is 264 g/mol. The molecule has 0 atom stereocenters. The fourth-order valence-corrected chi connectivity index (χ4v) is 2.55. The first-order valence-corrected chi connectivity index (χ1v) is 7.06. The summed E-state index contributed by atoms with van der Waals surface area (Å²) in [4.78, 5) is 18.3. The molecule has 1 saturated carbocycles. The molecule has 1 fully saturated rings. The van der Waals surface area contributed by atoms with E-state index in [9.17, 15) is 0 Å². The first-order valence-electron chi connectivity index (χ1n) is 7.06. The number of hydrogen-bond acceptors (Lipinski definition) is 5. The van der Waals surface area contributed by atoms with Crippen molar-refractivity contribution < 1.29 is 0 Å². The lowest BCUT2D eigenvalue weighted by molar-refractivity contribution is 0.780. The van der Waals surface area contributed by atoms with Crippen molar-refractivity contribution in [1.82, 2.24) is 19.9 Å². The van der Waals surface area contributed by atoms with Gasteiger partial charge in [-0.3, -0.25) is 0 Å². The summed E-state index contributed by atoms with van der Waals surface area (Å²) >= 11 is 0. The Morgan fingerprint density at radius 3 is 2.71 bits per heavy atom. The van der Waals surface area contributed by atoms with Crippen LogP contribution in [0.1, 0.15) is 18.4 Å². The zero-order valence-corrected chi connectivity index (χ0v) is 11.5. The Balaban J connectivity index is 1.71. The number of benzene rings is 1. The second-order valence-electron chi connectivity index (χ2n) is 5.40. The Morgan fingerprint density at radius 1 is 1.14 bits per heavy atom. The Bertz CT molecular complexity index is 759. The maximum atomic E-state index is 5.75. The van der Waals surface area contributed by atoms with Gasteiger partial charge >= 0.3 is 0 Å². The number of nitrogens with zero attached hydrogens (tertiary/aromatic N) is 4. The molecule has 3 N–H and O–H groups in total. The van der Waals surface area contributed by atoms with Gasteiger partial charge in [-0.1, -0.05) is 12.1 Å². The van der Waals surface area contributed by atoms with Gasteiger partial charge in [0.25, 0.3) is 0 Å². The second kappa shape index (κ2) is 4.73. The molecule has 1 aromatic carbocycles. The molecule has 0 aliphatic heterocycles. The van der Waals surface area contributed by atoms with E-state index in [0.717, 1.165) is 23.6 Å². The molecule has 1 aliphatic rings. The van der Waals surface area contributed by atoms with Gasteiger partial charge in [-0.2, -0.15) is 0 Å². The highest BCUT2D eigenvalue weighted by atomic mass is 15.3. The van der Waals surface area contributed by atoms with Crippen molar-refractivity contribution in [3.05, 3.63) is 42.5 Å². The van der Waals surface area contributed by atoms with Crippen LogP contribution >= 0.6 is 0 Å². The van der Waals surface area contributed by atoms with E-state index in [1.807, 2.05) is 12.1 Å². The van der Waals surface area contributed by atoms with E-state index in [0.29, 0.717) is 11.7 Å². The molecule has 0 bridgehead atoms. The van der Waals surface area contributed by atoms with Crippen LogP contribution in [0, 0.1) is 0 Å². The van der Waals surface area contributed by atoms with Gasteiger partial charge in [0.2, 0.25) is 0 Å². The van der Waals surface area contributed by atoms with Crippen molar-refractivity contribution in [3.8, 4) is 0 Å². The molecule has 6 nitrogen and oxygen atoms in total. The third-order valence-corrected chi connectivity index (χ3v) is 3.80. The number of fused-ring (bicyclic) bond motifs is 1. The molecule has 2 heterocycles. The topological polar surface area (TPSA) is 83.7 Å². The van der Waals surface area contributed by atoms with Gasteiger partial charge in [-0.05, 0) is 30.5 Å². The van der Waals surface area contributed by atoms with Crippen LogP contribution in [-0.2, 0) is 6.54 Å². The Labute approximate surface area is 122 Å². The van der Waals surface area contributed by atoms with Gasteiger partial charge in [0.15, 0.2) is 11.5 Å². The quantitative estimate of drug-likeness (QED) is 0.715. The Morgan fingerprint density at radius 2 is 1.95 bits per heavy atom. The third kappa shape index (κ3) is 2.29. The van der Waals surface area contributed by atoms with E-state index in [4.69, 9.17) is 5.73 Å². The predicted molar refractivity (Wildman–Crippen MR) is 81.7 cm³/mol. The van der Waals surface area contributed by atoms with Gasteiger partial charge < -0.3 is 15.6 Å². The highest BCUT2D eigenvalue weighted by molar-refractivity contribution is 5.83. The van der Waals surface area contributed by atoms with Crippen molar-refractivity contribution in [1.29, 1.82) is 0 Å². The monoisotopic (exact) mass is 280 g/mol. The van der Waals surface area contributed by atoms with Crippen molar-refractivity contribution in [2.45, 2.75) is 25.4 Å². The summed E-state index contributed by atoms with van der Waals surface area (Å²) in [6.45, 7) is 0.816. The van der Waals surface area contributed by atoms with Gasteiger partial charge in [-0.25, -0.2) is 15.0 Å². The molecule has 21 heavy (non-hydrogen) atoms. The minimum Gasteiger partial charge on any atom is -0.399 e. The summed E-state index contributed by atoms with van der Waals surface area (Å²) in [5.41, 5.74) is 9.38. The van der Waals surface area contributed by atoms with Crippen molar-refractivity contribution in [2.75, 3.05) is 10.6 Å². The molecule has 0 unspecified atom stereocenters. The lowest BCUT2D eigenvalue weighted by Gasteiger charge is -2.23. The van der Waals surface area contributed by atoms with Crippen molar-refractivity contribution in [3.63, 3.8) is 0 Å². The third-order valence-electron chi connectivity index (χ3n) is 3.80. The van der Waals surface area contributed by atoms with E-state index in [1.54, 1.807) is 12.7 Å². The van der Waals surface area contributed by atoms with Crippen LogP contribution in [0.3, 0.4) is 0 Å². The number of H-pyrrole nitrogens is 1. The van der Waals surface area contributed by atoms with Crippen LogP contribution in [0.5, 0.6) is 0 Å². The normalized spacial score (nSPS) is 14.5. The summed E-state index contributed by atoms with van der Waals surface area (Å²) < 4.78 is 0. The average Bonchev–Trinajstić information content (AvgIpc) is 3.23. The minimum atomic E-state index is 0.545. The first kappa shape index (κ1) is 12.1. The predicted octanol–water partition coefficient (Wildman–Crippen LogP) is 2.10. The molecular formula is C15H16N6. The van der Waals surface area contributed by atoms with Crippen LogP contribution in [-0.4, -0.2) is 26.0 Å². The lowest BCUT2D eigenvalue weighted by Crippen LogP contribution is -2.26. The average molecular weight is 280 g/mol. The van der Waals surface area contributed by atoms with E-state index in [-0.39, 0.29) is 0 Å². The highest BCUT2D eigenvalue weighted by Crippen LogP contribution is 2.34. The highest BCUT2D eigenvalue weighted by Gasteiger charge is 2.31. The minimum absolute atomic E-state index is 0.545. The molecule has 106 valence electrons. The number of aromatic amines is 1. The molecule has 1 aliphatic carbocycles. The molecule has 0 amide bonds. The summed E-state index contributed by atoms with van der Waals surface area (Å²) in [5.74, 6) is 0.928. The van der Waals surface area contributed by atoms with Crippen LogP contribution in [0.2, 0.25) is 0 Å². The number of imidazole rings is 1. The standard InChI is InChI=1S/C15H16N6/c16-11-3-1-10(2-4-11)7-21(12-5-6-12)15-13-14(18-8-17-13)19-9-20-15/h1-4,8-9,12H,5-7,16H2,(H,17,18,19,20). The van der Waals surface area contributed by atoms with Crippen molar-refractivity contribution >= 4 is 22.7 Å². The summed E-state index contributed by atoms with van der Waals surface area (Å²) in [5, 5.41) is 0. The van der Waals surface area contributed by atoms with Gasteiger partial charge in [-0.15, -0.1) is 0 Å². The number of anilines is 2. The maximum absolute atomic E-state index is 5.75. The second-order valence-corrected chi connectivity index (χ2v) is 5.40. The van der Waals surface area contributed by atoms with Crippen LogP contribution in [0.15, 0.2) is 36.9 Å². The zero-order chi connectivity index (χ0) is 14.2. The fourth-order valence-electron chi connectivity index (χ4n) is 2.55. The summed E-state index contributed by atoms with van der Waals surface area (Å²) in [6.07, 6.45) is 5.65. The number of nitrogen functional groups attached to an aromatic ring is 1. The molecule has 0 saturated heterocycles. The smallest absolute Gasteiger partial charge is 0.182 e. The number of hydrogen-bond donors (Lipinski definition) is 2. The zero-order valence-electron chi connectivity index (χ0n) is 11.5. The molecule has 6 heteroatoms. The lowest BCUT2D eigenvalue weighted by atomic mass is 10.2. The largest absolute Gasteiger partial charge is 0.399 e. The van der Waals surface area contributed by atoms with E-state index < -0.39 is 0 Å². The SMILES string of the molecule is Nc1ccc(CN(c2ncnc3nc[nH]c23)C2CC2)cc1. The summed E-state index contributed by atoms with van der Waals surface area (Å²) in [6, 6.07) is 8.55. The first-order chi connectivity index (χ1) is 10.3. The maximum Gasteiger partial charge on any atom is 0.182 e. The van der Waals surface area contributed by atoms with Crippen LogP contribution in [0.25, 0.3) is 11.2 Å². The Hall–Kier alpha value is -2.63. The van der Waals surface area contributed by atoms with E-state index in [1.165, 1.54) is 18.4 Å². The van der Waals surface area contributed by atoms with Gasteiger partial charge in [0.05, 0.1) is 6.33 Å². The number of rotatable bonds is 4. The Kier molecular flexibility index (Phi) is 2.73. The van der Waals surface area contributed by atoms with Crippen molar-refractivity contribution in [2.24, 2.45) is 0 Å². The number of aromatic nitrogens is 4. The molecule has 4 rings (SSSR count). The van der Waals surface area contributed by atoms with Crippen LogP contribution in [0.4, 0.5) is 11.5 Å². The fraction of sp³-hybridized carbons (Fsp3) is 0.267. The van der Waals surface area contributed by atoms with E-state index >= 15 is 0 Å². The van der Waals surface area contributed by atoms with Gasteiger partial charge in [0.1, 0.15) is 11.8 Å². The summed E-state index contributed by atoms with van der Waals surface area (Å²) in [7, 11) is 0. The van der Waals surface area contributed by atoms with Crippen LogP contribution < -0.4 is 10.6 Å². The van der Waals surface area contributed by atoms with Gasteiger partial charge in [0, 0.05) is 18.3 Å². The van der Waals surface area contributed by atoms with E-state index in [2.05, 4.69) is 37.0 Å². The molecule has 2 aromatic heterocycles. The number of nitrogens with one attached hydrogen (secondary N) is 1. The molecule has 0 spiro atoms.